The summed E-state index contributed by atoms with van der Waals surface area (Å²) >= 11 is 0. The summed E-state index contributed by atoms with van der Waals surface area (Å²) in [4.78, 5) is 39.1. The second-order valence-electron chi connectivity index (χ2n) is 6.90. The van der Waals surface area contributed by atoms with Crippen molar-refractivity contribution < 1.29 is 9.59 Å². The predicted octanol–water partition coefficient (Wildman–Crippen LogP) is 1.43. The Morgan fingerprint density at radius 3 is 3.00 bits per heavy atom. The molecule has 2 fully saturated rings. The quantitative estimate of drug-likeness (QED) is 0.882. The number of nitrogens with one attached hydrogen (secondary N) is 2. The maximum Gasteiger partial charge on any atom is 0.270 e. The van der Waals surface area contributed by atoms with Crippen molar-refractivity contribution in [1.29, 1.82) is 0 Å². The van der Waals surface area contributed by atoms with Crippen LogP contribution in [-0.4, -0.2) is 62.2 Å². The van der Waals surface area contributed by atoms with Crippen molar-refractivity contribution in [1.82, 2.24) is 24.8 Å². The van der Waals surface area contributed by atoms with Gasteiger partial charge in [-0.15, -0.1) is 0 Å². The standard InChI is InChI=1S/C18H23N5O2/c24-17-4-3-13-11-22(18(25)15-2-1-7-20-15)8-6-16(13)23(17)9-5-14-10-19-12-21-14/h1-2,7,10,12-13,16,20H,3-6,8-9,11H2,(H,19,21)/t13-,16+/m0/s1. The molecular formula is C18H23N5O2. The second kappa shape index (κ2) is 6.74. The monoisotopic (exact) mass is 341 g/mol. The van der Waals surface area contributed by atoms with Crippen LogP contribution < -0.4 is 0 Å². The number of aromatic nitrogens is 3. The summed E-state index contributed by atoms with van der Waals surface area (Å²) in [5.41, 5.74) is 1.69. The Kier molecular flexibility index (Phi) is 4.29. The zero-order valence-corrected chi connectivity index (χ0v) is 14.1. The van der Waals surface area contributed by atoms with Crippen LogP contribution in [0.1, 0.15) is 35.4 Å². The Balaban J connectivity index is 1.41. The Morgan fingerprint density at radius 1 is 1.32 bits per heavy atom. The lowest BCUT2D eigenvalue weighted by Gasteiger charge is -2.47. The van der Waals surface area contributed by atoms with Gasteiger partial charge in [0.2, 0.25) is 5.91 Å². The highest BCUT2D eigenvalue weighted by atomic mass is 16.2. The molecule has 7 heteroatoms. The van der Waals surface area contributed by atoms with Crippen LogP contribution in [0.4, 0.5) is 0 Å². The first-order valence-corrected chi connectivity index (χ1v) is 8.92. The van der Waals surface area contributed by atoms with E-state index in [2.05, 4.69) is 15.0 Å². The highest BCUT2D eigenvalue weighted by Gasteiger charge is 2.40. The number of fused-ring (bicyclic) bond motifs is 1. The molecule has 0 bridgehead atoms. The zero-order chi connectivity index (χ0) is 17.2. The van der Waals surface area contributed by atoms with Gasteiger partial charge in [0.05, 0.1) is 6.33 Å². The van der Waals surface area contributed by atoms with Gasteiger partial charge in [0.25, 0.3) is 5.91 Å². The summed E-state index contributed by atoms with van der Waals surface area (Å²) in [5, 5.41) is 0. The highest BCUT2D eigenvalue weighted by molar-refractivity contribution is 5.92. The van der Waals surface area contributed by atoms with Gasteiger partial charge in [-0.05, 0) is 30.9 Å². The van der Waals surface area contributed by atoms with Gasteiger partial charge < -0.3 is 19.8 Å². The first-order valence-electron chi connectivity index (χ1n) is 8.92. The minimum Gasteiger partial charge on any atom is -0.357 e. The van der Waals surface area contributed by atoms with Gasteiger partial charge in [-0.1, -0.05) is 0 Å². The minimum absolute atomic E-state index is 0.0596. The lowest BCUT2D eigenvalue weighted by atomic mass is 9.83. The number of carbonyl (C=O) groups excluding carboxylic acids is 2. The average Bonchev–Trinajstić information content (AvgIpc) is 3.33. The van der Waals surface area contributed by atoms with Gasteiger partial charge in [-0.2, -0.15) is 0 Å². The third-order valence-electron chi connectivity index (χ3n) is 5.44. The Morgan fingerprint density at radius 2 is 2.24 bits per heavy atom. The fraction of sp³-hybridized carbons (Fsp3) is 0.500. The Bertz CT molecular complexity index is 725. The molecule has 4 rings (SSSR count). The first kappa shape index (κ1) is 15.9. The van der Waals surface area contributed by atoms with Crippen LogP contribution in [0.15, 0.2) is 30.9 Å². The SMILES string of the molecule is O=C(c1ccc[nH]1)N1CC[C@@H]2[C@@H](CCC(=O)N2CCc2cnc[nH]2)C1. The predicted molar refractivity (Wildman–Crippen MR) is 91.8 cm³/mol. The van der Waals surface area contributed by atoms with Crippen molar-refractivity contribution in [3.8, 4) is 0 Å². The van der Waals surface area contributed by atoms with Gasteiger partial charge in [-0.25, -0.2) is 4.98 Å². The van der Waals surface area contributed by atoms with Crippen molar-refractivity contribution in [3.05, 3.63) is 42.2 Å². The van der Waals surface area contributed by atoms with E-state index in [1.807, 2.05) is 28.1 Å². The van der Waals surface area contributed by atoms with Gasteiger partial charge in [-0.3, -0.25) is 9.59 Å². The van der Waals surface area contributed by atoms with E-state index in [1.165, 1.54) is 0 Å². The number of rotatable bonds is 4. The van der Waals surface area contributed by atoms with Crippen LogP contribution >= 0.6 is 0 Å². The lowest BCUT2D eigenvalue weighted by Crippen LogP contribution is -2.57. The molecule has 0 radical (unpaired) electrons. The number of imidazole rings is 1. The average molecular weight is 341 g/mol. The van der Waals surface area contributed by atoms with Crippen molar-refractivity contribution >= 4 is 11.8 Å². The van der Waals surface area contributed by atoms with Crippen molar-refractivity contribution in [2.45, 2.75) is 31.7 Å². The molecule has 4 heterocycles. The molecular weight excluding hydrogens is 318 g/mol. The summed E-state index contributed by atoms with van der Waals surface area (Å²) in [6, 6.07) is 3.91. The zero-order valence-electron chi connectivity index (χ0n) is 14.1. The summed E-state index contributed by atoms with van der Waals surface area (Å²) in [7, 11) is 0. The van der Waals surface area contributed by atoms with E-state index in [-0.39, 0.29) is 17.9 Å². The molecule has 2 amide bonds. The molecule has 0 saturated carbocycles. The molecule has 132 valence electrons. The lowest BCUT2D eigenvalue weighted by molar-refractivity contribution is -0.140. The van der Waals surface area contributed by atoms with E-state index in [0.29, 0.717) is 31.1 Å². The Labute approximate surface area is 146 Å². The highest BCUT2D eigenvalue weighted by Crippen LogP contribution is 2.31. The maximum absolute atomic E-state index is 12.6. The number of carbonyl (C=O) groups is 2. The fourth-order valence-corrected chi connectivity index (χ4v) is 4.12. The van der Waals surface area contributed by atoms with Gasteiger partial charge in [0, 0.05) is 56.6 Å². The van der Waals surface area contributed by atoms with Crippen LogP contribution in [0.5, 0.6) is 0 Å². The first-order chi connectivity index (χ1) is 12.2. The second-order valence-corrected chi connectivity index (χ2v) is 6.90. The van der Waals surface area contributed by atoms with E-state index in [1.54, 1.807) is 12.5 Å². The van der Waals surface area contributed by atoms with E-state index >= 15 is 0 Å². The third kappa shape index (κ3) is 3.18. The van der Waals surface area contributed by atoms with Crippen molar-refractivity contribution in [2.75, 3.05) is 19.6 Å². The molecule has 2 aliphatic heterocycles. The van der Waals surface area contributed by atoms with E-state index < -0.39 is 0 Å². The van der Waals surface area contributed by atoms with E-state index in [4.69, 9.17) is 0 Å². The largest absolute Gasteiger partial charge is 0.357 e. The number of likely N-dealkylation sites (tertiary alicyclic amines) is 2. The molecule has 25 heavy (non-hydrogen) atoms. The van der Waals surface area contributed by atoms with E-state index in [9.17, 15) is 9.59 Å². The number of hydrogen-bond acceptors (Lipinski definition) is 3. The van der Waals surface area contributed by atoms with Gasteiger partial charge in [0.15, 0.2) is 0 Å². The van der Waals surface area contributed by atoms with E-state index in [0.717, 1.165) is 31.5 Å². The molecule has 2 aromatic rings. The van der Waals surface area contributed by atoms with Crippen LogP contribution in [0, 0.1) is 5.92 Å². The van der Waals surface area contributed by atoms with Gasteiger partial charge >= 0.3 is 0 Å². The third-order valence-corrected chi connectivity index (χ3v) is 5.44. The maximum atomic E-state index is 12.6. The van der Waals surface area contributed by atoms with Crippen LogP contribution in [-0.2, 0) is 11.2 Å². The normalized spacial score (nSPS) is 23.6. The smallest absolute Gasteiger partial charge is 0.270 e. The topological polar surface area (TPSA) is 85.1 Å². The van der Waals surface area contributed by atoms with Crippen LogP contribution in [0.3, 0.4) is 0 Å². The number of piperidine rings is 2. The Hall–Kier alpha value is -2.57. The summed E-state index contributed by atoms with van der Waals surface area (Å²) in [6.45, 7) is 2.15. The summed E-state index contributed by atoms with van der Waals surface area (Å²) < 4.78 is 0. The molecule has 0 spiro atoms. The number of aromatic amines is 2. The summed E-state index contributed by atoms with van der Waals surface area (Å²) in [5.74, 6) is 0.668. The number of amides is 2. The molecule has 0 unspecified atom stereocenters. The fourth-order valence-electron chi connectivity index (χ4n) is 4.12. The molecule has 0 aliphatic carbocycles. The van der Waals surface area contributed by atoms with Crippen LogP contribution in [0.25, 0.3) is 0 Å². The minimum atomic E-state index is 0.0596. The molecule has 2 aromatic heterocycles. The molecule has 2 aliphatic rings. The molecule has 0 aromatic carbocycles. The summed E-state index contributed by atoms with van der Waals surface area (Å²) in [6.07, 6.45) is 8.35. The number of H-pyrrole nitrogens is 2. The molecule has 2 saturated heterocycles. The molecule has 2 N–H and O–H groups in total. The van der Waals surface area contributed by atoms with Crippen molar-refractivity contribution in [2.24, 2.45) is 5.92 Å². The van der Waals surface area contributed by atoms with Crippen LogP contribution in [0.2, 0.25) is 0 Å². The number of nitrogens with zero attached hydrogens (tertiary/aromatic N) is 3. The number of hydrogen-bond donors (Lipinski definition) is 2. The molecule has 7 nitrogen and oxygen atoms in total. The molecule has 2 atom stereocenters. The van der Waals surface area contributed by atoms with Crippen molar-refractivity contribution in [3.63, 3.8) is 0 Å². The van der Waals surface area contributed by atoms with Gasteiger partial charge in [0.1, 0.15) is 5.69 Å².